The van der Waals surface area contributed by atoms with Crippen LogP contribution in [0.3, 0.4) is 0 Å². The first kappa shape index (κ1) is 18.0. The summed E-state index contributed by atoms with van der Waals surface area (Å²) in [7, 11) is 0. The predicted molar refractivity (Wildman–Crippen MR) is 96.7 cm³/mol. The Labute approximate surface area is 151 Å². The summed E-state index contributed by atoms with van der Waals surface area (Å²) in [5, 5.41) is 0.721. The van der Waals surface area contributed by atoms with Gasteiger partial charge in [0.15, 0.2) is 0 Å². The SMILES string of the molecule is ClC(Cl)=CCCCOc1ccc(OCc2ccc(Cl)cc2)cc1. The van der Waals surface area contributed by atoms with Crippen LogP contribution in [0, 0.1) is 0 Å². The molecular weight excluding hydrogens is 355 g/mol. The first-order chi connectivity index (χ1) is 11.1. The Morgan fingerprint density at radius 2 is 1.48 bits per heavy atom. The number of halogens is 3. The van der Waals surface area contributed by atoms with Gasteiger partial charge < -0.3 is 9.47 Å². The molecular formula is C18H17Cl3O2. The summed E-state index contributed by atoms with van der Waals surface area (Å²) in [5.41, 5.74) is 1.07. The number of hydrogen-bond donors (Lipinski definition) is 0. The Balaban J connectivity index is 1.73. The summed E-state index contributed by atoms with van der Waals surface area (Å²) in [4.78, 5) is 0. The van der Waals surface area contributed by atoms with Crippen LogP contribution in [0.1, 0.15) is 18.4 Å². The number of unbranched alkanes of at least 4 members (excludes halogenated alkanes) is 1. The molecule has 2 rings (SSSR count). The molecule has 2 aromatic carbocycles. The van der Waals surface area contributed by atoms with Crippen molar-refractivity contribution >= 4 is 34.8 Å². The minimum Gasteiger partial charge on any atom is -0.494 e. The molecule has 0 fully saturated rings. The van der Waals surface area contributed by atoms with E-state index in [0.29, 0.717) is 17.7 Å². The molecule has 2 aromatic rings. The van der Waals surface area contributed by atoms with E-state index >= 15 is 0 Å². The number of ether oxygens (including phenoxy) is 2. The number of allylic oxidation sites excluding steroid dienone is 1. The third kappa shape index (κ3) is 7.17. The van der Waals surface area contributed by atoms with Gasteiger partial charge in [0.2, 0.25) is 0 Å². The summed E-state index contributed by atoms with van der Waals surface area (Å²) >= 11 is 16.9. The van der Waals surface area contributed by atoms with E-state index in [2.05, 4.69) is 0 Å². The maximum Gasteiger partial charge on any atom is 0.120 e. The van der Waals surface area contributed by atoms with E-state index < -0.39 is 0 Å². The average Bonchev–Trinajstić information content (AvgIpc) is 2.55. The van der Waals surface area contributed by atoms with Crippen LogP contribution in [0.4, 0.5) is 0 Å². The van der Waals surface area contributed by atoms with E-state index in [1.165, 1.54) is 0 Å². The molecule has 0 aliphatic rings. The van der Waals surface area contributed by atoms with Gasteiger partial charge in [-0.1, -0.05) is 53.0 Å². The molecule has 0 aromatic heterocycles. The van der Waals surface area contributed by atoms with E-state index in [-0.39, 0.29) is 0 Å². The van der Waals surface area contributed by atoms with E-state index in [0.717, 1.165) is 34.9 Å². The van der Waals surface area contributed by atoms with Crippen molar-refractivity contribution < 1.29 is 9.47 Å². The second kappa shape index (κ2) is 9.71. The van der Waals surface area contributed by atoms with Crippen molar-refractivity contribution in [3.63, 3.8) is 0 Å². The van der Waals surface area contributed by atoms with Gasteiger partial charge in [0.05, 0.1) is 6.61 Å². The fraction of sp³-hybridized carbons (Fsp3) is 0.222. The van der Waals surface area contributed by atoms with Crippen molar-refractivity contribution in [3.05, 3.63) is 69.7 Å². The lowest BCUT2D eigenvalue weighted by Gasteiger charge is -2.08. The van der Waals surface area contributed by atoms with Crippen LogP contribution in [0.25, 0.3) is 0 Å². The molecule has 0 amide bonds. The quantitative estimate of drug-likeness (QED) is 0.500. The Morgan fingerprint density at radius 1 is 0.870 bits per heavy atom. The topological polar surface area (TPSA) is 18.5 Å². The lowest BCUT2D eigenvalue weighted by atomic mass is 10.2. The molecule has 0 radical (unpaired) electrons. The molecule has 5 heteroatoms. The summed E-state index contributed by atoms with van der Waals surface area (Å²) in [6.45, 7) is 1.12. The largest absolute Gasteiger partial charge is 0.494 e. The average molecular weight is 372 g/mol. The molecule has 122 valence electrons. The highest BCUT2D eigenvalue weighted by Crippen LogP contribution is 2.19. The van der Waals surface area contributed by atoms with Crippen LogP contribution in [-0.4, -0.2) is 6.61 Å². The smallest absolute Gasteiger partial charge is 0.120 e. The van der Waals surface area contributed by atoms with Gasteiger partial charge in [-0.25, -0.2) is 0 Å². The van der Waals surface area contributed by atoms with Gasteiger partial charge >= 0.3 is 0 Å². The van der Waals surface area contributed by atoms with Crippen molar-refractivity contribution in [1.29, 1.82) is 0 Å². The molecule has 0 saturated heterocycles. The molecule has 2 nitrogen and oxygen atoms in total. The van der Waals surface area contributed by atoms with Gasteiger partial charge in [-0.15, -0.1) is 0 Å². The third-order valence-electron chi connectivity index (χ3n) is 3.06. The minimum absolute atomic E-state index is 0.298. The highest BCUT2D eigenvalue weighted by atomic mass is 35.5. The standard InChI is InChI=1S/C18H17Cl3O2/c19-15-6-4-14(5-7-15)13-23-17-10-8-16(9-11-17)22-12-2-1-3-18(20)21/h3-11H,1-2,12-13H2. The summed E-state index contributed by atoms with van der Waals surface area (Å²) < 4.78 is 11.7. The molecule has 0 N–H and O–H groups in total. The zero-order valence-electron chi connectivity index (χ0n) is 12.5. The maximum atomic E-state index is 5.85. The second-order valence-corrected chi connectivity index (χ2v) is 6.32. The molecule has 0 aliphatic carbocycles. The van der Waals surface area contributed by atoms with Gasteiger partial charge in [-0.05, 0) is 54.8 Å². The van der Waals surface area contributed by atoms with Gasteiger partial charge in [0.25, 0.3) is 0 Å². The molecule has 0 bridgehead atoms. The van der Waals surface area contributed by atoms with Gasteiger partial charge in [0.1, 0.15) is 22.6 Å². The number of rotatable bonds is 8. The zero-order valence-corrected chi connectivity index (χ0v) is 14.7. The normalized spacial score (nSPS) is 10.2. The molecule has 0 saturated carbocycles. The minimum atomic E-state index is 0.298. The molecule has 0 spiro atoms. The van der Waals surface area contributed by atoms with Gasteiger partial charge in [-0.3, -0.25) is 0 Å². The first-order valence-corrected chi connectivity index (χ1v) is 8.38. The summed E-state index contributed by atoms with van der Waals surface area (Å²) in [6.07, 6.45) is 3.42. The zero-order chi connectivity index (χ0) is 16.5. The van der Waals surface area contributed by atoms with Crippen molar-refractivity contribution in [1.82, 2.24) is 0 Å². The lowest BCUT2D eigenvalue weighted by Crippen LogP contribution is -1.97. The van der Waals surface area contributed by atoms with Gasteiger partial charge in [-0.2, -0.15) is 0 Å². The molecule has 0 heterocycles. The lowest BCUT2D eigenvalue weighted by molar-refractivity contribution is 0.300. The van der Waals surface area contributed by atoms with Crippen molar-refractivity contribution in [2.45, 2.75) is 19.4 Å². The molecule has 0 unspecified atom stereocenters. The highest BCUT2D eigenvalue weighted by Gasteiger charge is 1.98. The van der Waals surface area contributed by atoms with Crippen LogP contribution in [-0.2, 0) is 6.61 Å². The molecule has 0 aliphatic heterocycles. The van der Waals surface area contributed by atoms with E-state index in [1.54, 1.807) is 6.08 Å². The maximum absolute atomic E-state index is 5.85. The van der Waals surface area contributed by atoms with Crippen LogP contribution in [0.2, 0.25) is 5.02 Å². The van der Waals surface area contributed by atoms with Crippen molar-refractivity contribution in [2.24, 2.45) is 0 Å². The van der Waals surface area contributed by atoms with Crippen molar-refractivity contribution in [3.8, 4) is 11.5 Å². The van der Waals surface area contributed by atoms with E-state index in [1.807, 2.05) is 48.5 Å². The number of hydrogen-bond acceptors (Lipinski definition) is 2. The fourth-order valence-corrected chi connectivity index (χ4v) is 2.21. The van der Waals surface area contributed by atoms with Gasteiger partial charge in [0, 0.05) is 5.02 Å². The van der Waals surface area contributed by atoms with Crippen LogP contribution < -0.4 is 9.47 Å². The van der Waals surface area contributed by atoms with E-state index in [9.17, 15) is 0 Å². The van der Waals surface area contributed by atoms with Crippen LogP contribution in [0.5, 0.6) is 11.5 Å². The van der Waals surface area contributed by atoms with Crippen LogP contribution >= 0.6 is 34.8 Å². The predicted octanol–water partition coefficient (Wildman–Crippen LogP) is 6.40. The second-order valence-electron chi connectivity index (χ2n) is 4.87. The monoisotopic (exact) mass is 370 g/mol. The molecule has 0 atom stereocenters. The third-order valence-corrected chi connectivity index (χ3v) is 3.62. The Morgan fingerprint density at radius 3 is 2.09 bits per heavy atom. The highest BCUT2D eigenvalue weighted by molar-refractivity contribution is 6.55. The first-order valence-electron chi connectivity index (χ1n) is 7.25. The van der Waals surface area contributed by atoms with E-state index in [4.69, 9.17) is 44.3 Å². The Hall–Kier alpha value is -1.35. The Kier molecular flexibility index (Phi) is 7.60. The van der Waals surface area contributed by atoms with Crippen LogP contribution in [0.15, 0.2) is 59.1 Å². The molecule has 23 heavy (non-hydrogen) atoms. The number of benzene rings is 2. The Bertz CT molecular complexity index is 618. The van der Waals surface area contributed by atoms with Crippen molar-refractivity contribution in [2.75, 3.05) is 6.61 Å². The summed E-state index contributed by atoms with van der Waals surface area (Å²) in [5.74, 6) is 1.61. The summed E-state index contributed by atoms with van der Waals surface area (Å²) in [6, 6.07) is 15.2. The fourth-order valence-electron chi connectivity index (χ4n) is 1.86.